The molecule has 0 radical (unpaired) electrons. The molecule has 0 fully saturated rings. The minimum atomic E-state index is -0.859. The monoisotopic (exact) mass is 418 g/mol. The standard InChI is InChI=1S/C24H22N2O3S/c1-4-17-10-12-18(13-11-17)22(27)16(3)29-24(28)21-14-20-15(2)25-26(23(20)30-21)19-8-6-5-7-9-19/h5-14,16H,4H2,1-3H3. The molecule has 4 aromatic rings. The second-order valence-electron chi connectivity index (χ2n) is 7.12. The fraction of sp³-hybridized carbons (Fsp3) is 0.208. The molecule has 4 rings (SSSR count). The average molecular weight is 419 g/mol. The van der Waals surface area contributed by atoms with Crippen LogP contribution in [0.5, 0.6) is 0 Å². The summed E-state index contributed by atoms with van der Waals surface area (Å²) in [7, 11) is 0. The maximum Gasteiger partial charge on any atom is 0.349 e. The smallest absolute Gasteiger partial charge is 0.349 e. The van der Waals surface area contributed by atoms with Crippen LogP contribution < -0.4 is 0 Å². The second-order valence-corrected chi connectivity index (χ2v) is 8.16. The Bertz CT molecular complexity index is 1210. The summed E-state index contributed by atoms with van der Waals surface area (Å²) in [5.41, 5.74) is 3.46. The second kappa shape index (κ2) is 8.24. The number of carbonyl (C=O) groups is 2. The molecule has 5 nitrogen and oxygen atoms in total. The van der Waals surface area contributed by atoms with Gasteiger partial charge in [0.2, 0.25) is 5.78 Å². The van der Waals surface area contributed by atoms with Crippen LogP contribution in [0.1, 0.15) is 45.1 Å². The van der Waals surface area contributed by atoms with Crippen LogP contribution in [0.15, 0.2) is 60.7 Å². The first kappa shape index (κ1) is 20.0. The number of aromatic nitrogens is 2. The zero-order valence-electron chi connectivity index (χ0n) is 17.1. The van der Waals surface area contributed by atoms with Crippen LogP contribution in [0.25, 0.3) is 15.9 Å². The summed E-state index contributed by atoms with van der Waals surface area (Å²) in [5, 5.41) is 5.49. The van der Waals surface area contributed by atoms with Gasteiger partial charge in [0.25, 0.3) is 0 Å². The minimum absolute atomic E-state index is 0.209. The van der Waals surface area contributed by atoms with Gasteiger partial charge < -0.3 is 4.74 Å². The minimum Gasteiger partial charge on any atom is -0.450 e. The number of ketones is 1. The Morgan fingerprint density at radius 2 is 1.80 bits per heavy atom. The van der Waals surface area contributed by atoms with Gasteiger partial charge >= 0.3 is 5.97 Å². The fourth-order valence-corrected chi connectivity index (χ4v) is 4.37. The lowest BCUT2D eigenvalue weighted by atomic mass is 10.0. The van der Waals surface area contributed by atoms with Crippen molar-refractivity contribution in [1.82, 2.24) is 9.78 Å². The zero-order valence-corrected chi connectivity index (χ0v) is 17.9. The number of carbonyl (C=O) groups excluding carboxylic acids is 2. The molecule has 2 aromatic heterocycles. The molecule has 1 unspecified atom stereocenters. The predicted molar refractivity (Wildman–Crippen MR) is 119 cm³/mol. The molecule has 0 aliphatic heterocycles. The van der Waals surface area contributed by atoms with Gasteiger partial charge in [-0.2, -0.15) is 5.10 Å². The highest BCUT2D eigenvalue weighted by Crippen LogP contribution is 2.31. The largest absolute Gasteiger partial charge is 0.450 e. The van der Waals surface area contributed by atoms with Crippen LogP contribution in [-0.2, 0) is 11.2 Å². The van der Waals surface area contributed by atoms with Gasteiger partial charge in [0.1, 0.15) is 9.71 Å². The van der Waals surface area contributed by atoms with Crippen LogP contribution in [0.3, 0.4) is 0 Å². The summed E-state index contributed by atoms with van der Waals surface area (Å²) >= 11 is 1.32. The summed E-state index contributed by atoms with van der Waals surface area (Å²) in [4.78, 5) is 26.7. The normalized spacial score (nSPS) is 12.1. The van der Waals surface area contributed by atoms with Crippen LogP contribution in [-0.4, -0.2) is 27.6 Å². The average Bonchev–Trinajstić information content (AvgIpc) is 3.34. The summed E-state index contributed by atoms with van der Waals surface area (Å²) < 4.78 is 7.32. The Balaban J connectivity index is 1.55. The molecular formula is C24H22N2O3S. The maximum absolute atomic E-state index is 12.7. The number of thiophene rings is 1. The molecule has 1 atom stereocenters. The molecule has 0 bridgehead atoms. The lowest BCUT2D eigenvalue weighted by Gasteiger charge is -2.12. The lowest BCUT2D eigenvalue weighted by Crippen LogP contribution is -2.24. The van der Waals surface area contributed by atoms with Gasteiger partial charge in [0, 0.05) is 10.9 Å². The summed E-state index contributed by atoms with van der Waals surface area (Å²) in [6.07, 6.45) is 0.0482. The molecule has 0 amide bonds. The number of fused-ring (bicyclic) bond motifs is 1. The van der Waals surface area contributed by atoms with E-state index in [0.717, 1.165) is 33.6 Å². The summed E-state index contributed by atoms with van der Waals surface area (Å²) in [6.45, 7) is 5.58. The van der Waals surface area contributed by atoms with Gasteiger partial charge in [-0.15, -0.1) is 11.3 Å². The highest BCUT2D eigenvalue weighted by Gasteiger charge is 2.23. The number of Topliss-reactive ketones (excluding diaryl/α,β-unsaturated/α-hetero) is 1. The maximum atomic E-state index is 12.7. The van der Waals surface area contributed by atoms with Crippen molar-refractivity contribution in [1.29, 1.82) is 0 Å². The third-order valence-corrected chi connectivity index (χ3v) is 6.14. The SMILES string of the molecule is CCc1ccc(C(=O)C(C)OC(=O)c2cc3c(C)nn(-c4ccccc4)c3s2)cc1. The molecule has 0 aliphatic rings. The van der Waals surface area contributed by atoms with Gasteiger partial charge in [-0.3, -0.25) is 4.79 Å². The van der Waals surface area contributed by atoms with E-state index >= 15 is 0 Å². The Hall–Kier alpha value is -3.25. The molecule has 30 heavy (non-hydrogen) atoms. The molecular weight excluding hydrogens is 396 g/mol. The summed E-state index contributed by atoms with van der Waals surface area (Å²) in [5.74, 6) is -0.708. The third kappa shape index (κ3) is 3.78. The van der Waals surface area contributed by atoms with E-state index in [0.29, 0.717) is 10.4 Å². The molecule has 2 heterocycles. The molecule has 0 N–H and O–H groups in total. The van der Waals surface area contributed by atoms with Crippen molar-refractivity contribution < 1.29 is 14.3 Å². The highest BCUT2D eigenvalue weighted by atomic mass is 32.1. The van der Waals surface area contributed by atoms with Crippen molar-refractivity contribution in [3.05, 3.63) is 82.4 Å². The highest BCUT2D eigenvalue weighted by molar-refractivity contribution is 7.20. The van der Waals surface area contributed by atoms with Gasteiger partial charge in [-0.25, -0.2) is 9.48 Å². The Morgan fingerprint density at radius 3 is 2.47 bits per heavy atom. The first-order chi connectivity index (χ1) is 14.5. The van der Waals surface area contributed by atoms with Gasteiger partial charge in [-0.1, -0.05) is 49.4 Å². The van der Waals surface area contributed by atoms with E-state index in [1.165, 1.54) is 11.3 Å². The van der Waals surface area contributed by atoms with Gasteiger partial charge in [-0.05, 0) is 44.0 Å². The Labute approximate surface area is 178 Å². The topological polar surface area (TPSA) is 61.2 Å². The number of aryl methyl sites for hydroxylation is 2. The number of para-hydroxylation sites is 1. The molecule has 0 aliphatic carbocycles. The fourth-order valence-electron chi connectivity index (χ4n) is 3.30. The van der Waals surface area contributed by atoms with Crippen LogP contribution in [0, 0.1) is 6.92 Å². The van der Waals surface area contributed by atoms with E-state index in [9.17, 15) is 9.59 Å². The number of esters is 1. The molecule has 0 saturated heterocycles. The van der Waals surface area contributed by atoms with Crippen molar-refractivity contribution in [3.63, 3.8) is 0 Å². The zero-order chi connectivity index (χ0) is 21.3. The van der Waals surface area contributed by atoms with E-state index in [1.807, 2.05) is 54.1 Å². The first-order valence-electron chi connectivity index (χ1n) is 9.86. The van der Waals surface area contributed by atoms with E-state index < -0.39 is 12.1 Å². The van der Waals surface area contributed by atoms with Gasteiger partial charge in [0.05, 0.1) is 11.4 Å². The van der Waals surface area contributed by atoms with Crippen molar-refractivity contribution in [2.75, 3.05) is 0 Å². The third-order valence-electron chi connectivity index (χ3n) is 5.05. The number of ether oxygens (including phenoxy) is 1. The quantitative estimate of drug-likeness (QED) is 0.311. The van der Waals surface area contributed by atoms with E-state index in [1.54, 1.807) is 25.1 Å². The summed E-state index contributed by atoms with van der Waals surface area (Å²) in [6, 6.07) is 19.0. The number of hydrogen-bond acceptors (Lipinski definition) is 5. The van der Waals surface area contributed by atoms with E-state index in [2.05, 4.69) is 12.0 Å². The number of hydrogen-bond donors (Lipinski definition) is 0. The number of benzene rings is 2. The molecule has 2 aromatic carbocycles. The first-order valence-corrected chi connectivity index (χ1v) is 10.7. The van der Waals surface area contributed by atoms with Crippen LogP contribution in [0.4, 0.5) is 0 Å². The van der Waals surface area contributed by atoms with Crippen molar-refractivity contribution in [2.24, 2.45) is 0 Å². The molecule has 152 valence electrons. The van der Waals surface area contributed by atoms with Crippen molar-refractivity contribution >= 4 is 33.3 Å². The van der Waals surface area contributed by atoms with E-state index in [4.69, 9.17) is 4.74 Å². The molecule has 0 saturated carbocycles. The molecule has 0 spiro atoms. The van der Waals surface area contributed by atoms with Gasteiger partial charge in [0.15, 0.2) is 6.10 Å². The van der Waals surface area contributed by atoms with Crippen LogP contribution in [0.2, 0.25) is 0 Å². The Morgan fingerprint density at radius 1 is 1.10 bits per heavy atom. The van der Waals surface area contributed by atoms with Crippen molar-refractivity contribution in [3.8, 4) is 5.69 Å². The predicted octanol–water partition coefficient (Wildman–Crippen LogP) is 5.39. The van der Waals surface area contributed by atoms with E-state index in [-0.39, 0.29) is 5.78 Å². The Kier molecular flexibility index (Phi) is 5.50. The van der Waals surface area contributed by atoms with Crippen LogP contribution >= 0.6 is 11.3 Å². The number of nitrogens with zero attached hydrogens (tertiary/aromatic N) is 2. The lowest BCUT2D eigenvalue weighted by molar-refractivity contribution is 0.0323. The van der Waals surface area contributed by atoms with Crippen molar-refractivity contribution in [2.45, 2.75) is 33.3 Å². The molecule has 6 heteroatoms. The number of rotatable bonds is 6.